The molecule has 0 atom stereocenters. The first-order valence-corrected chi connectivity index (χ1v) is 6.42. The van der Waals surface area contributed by atoms with E-state index < -0.39 is 0 Å². The highest BCUT2D eigenvalue weighted by Crippen LogP contribution is 2.17. The molecule has 0 bridgehead atoms. The summed E-state index contributed by atoms with van der Waals surface area (Å²) in [5.74, 6) is 1.77. The van der Waals surface area contributed by atoms with Crippen LogP contribution in [0.1, 0.15) is 18.7 Å². The number of fused-ring (bicyclic) bond motifs is 1. The molecule has 0 aliphatic heterocycles. The second kappa shape index (κ2) is 5.74. The van der Waals surface area contributed by atoms with E-state index in [1.165, 1.54) is 0 Å². The highest BCUT2D eigenvalue weighted by Gasteiger charge is 2.09. The topological polar surface area (TPSA) is 41.6 Å². The van der Waals surface area contributed by atoms with Gasteiger partial charge < -0.3 is 4.57 Å². The lowest BCUT2D eigenvalue weighted by Gasteiger charge is -2.06. The first-order valence-electron chi connectivity index (χ1n) is 5.78. The van der Waals surface area contributed by atoms with E-state index in [0.717, 1.165) is 42.0 Å². The summed E-state index contributed by atoms with van der Waals surface area (Å²) < 4.78 is 2.15. The molecule has 2 rings (SSSR count). The van der Waals surface area contributed by atoms with E-state index in [4.69, 9.17) is 5.26 Å². The van der Waals surface area contributed by atoms with Crippen molar-refractivity contribution in [3.05, 3.63) is 30.1 Å². The van der Waals surface area contributed by atoms with Gasteiger partial charge in [-0.2, -0.15) is 17.9 Å². The summed E-state index contributed by atoms with van der Waals surface area (Å²) in [6.07, 6.45) is 2.53. The number of hydrogen-bond acceptors (Lipinski definition) is 3. The standard InChI is InChI=1S/C13H15N3S/c14-8-7-13-15-11-5-1-2-6-12(11)16(13)9-3-4-10-17/h1-2,5-6,17H,3-4,7,9-10H2. The summed E-state index contributed by atoms with van der Waals surface area (Å²) in [5.41, 5.74) is 2.10. The van der Waals surface area contributed by atoms with Crippen LogP contribution in [0.5, 0.6) is 0 Å². The second-order valence-corrected chi connectivity index (χ2v) is 4.38. The molecule has 0 aliphatic carbocycles. The Morgan fingerprint density at radius 3 is 2.88 bits per heavy atom. The van der Waals surface area contributed by atoms with Gasteiger partial charge in [-0.25, -0.2) is 4.98 Å². The number of thiol groups is 1. The summed E-state index contributed by atoms with van der Waals surface area (Å²) >= 11 is 4.22. The number of imidazole rings is 1. The van der Waals surface area contributed by atoms with E-state index in [1.807, 2.05) is 18.2 Å². The van der Waals surface area contributed by atoms with Crippen molar-refractivity contribution in [2.75, 3.05) is 5.75 Å². The maximum absolute atomic E-state index is 8.83. The fraction of sp³-hybridized carbons (Fsp3) is 0.385. The quantitative estimate of drug-likeness (QED) is 0.650. The van der Waals surface area contributed by atoms with Gasteiger partial charge in [-0.15, -0.1) is 0 Å². The van der Waals surface area contributed by atoms with Crippen LogP contribution in [-0.4, -0.2) is 15.3 Å². The van der Waals surface area contributed by atoms with E-state index in [-0.39, 0.29) is 0 Å². The minimum Gasteiger partial charge on any atom is -0.327 e. The number of nitriles is 1. The molecule has 2 aromatic rings. The van der Waals surface area contributed by atoms with Crippen LogP contribution in [0.2, 0.25) is 0 Å². The second-order valence-electron chi connectivity index (χ2n) is 3.93. The van der Waals surface area contributed by atoms with Gasteiger partial charge in [0.1, 0.15) is 5.82 Å². The zero-order valence-corrected chi connectivity index (χ0v) is 10.5. The van der Waals surface area contributed by atoms with Crippen LogP contribution in [0, 0.1) is 11.3 Å². The van der Waals surface area contributed by atoms with Crippen molar-refractivity contribution in [3.63, 3.8) is 0 Å². The zero-order valence-electron chi connectivity index (χ0n) is 9.63. The molecule has 1 aromatic carbocycles. The van der Waals surface area contributed by atoms with Crippen LogP contribution >= 0.6 is 12.6 Å². The maximum atomic E-state index is 8.83. The van der Waals surface area contributed by atoms with Crippen LogP contribution in [-0.2, 0) is 13.0 Å². The molecule has 17 heavy (non-hydrogen) atoms. The molecule has 0 radical (unpaired) electrons. The fourth-order valence-electron chi connectivity index (χ4n) is 1.96. The summed E-state index contributed by atoms with van der Waals surface area (Å²) in [5, 5.41) is 8.83. The molecule has 4 heteroatoms. The largest absolute Gasteiger partial charge is 0.327 e. The minimum absolute atomic E-state index is 0.371. The van der Waals surface area contributed by atoms with Gasteiger partial charge >= 0.3 is 0 Å². The van der Waals surface area contributed by atoms with Gasteiger partial charge in [0.2, 0.25) is 0 Å². The molecule has 0 unspecified atom stereocenters. The van der Waals surface area contributed by atoms with Crippen molar-refractivity contribution >= 4 is 23.7 Å². The van der Waals surface area contributed by atoms with Crippen molar-refractivity contribution < 1.29 is 0 Å². The molecule has 0 fully saturated rings. The van der Waals surface area contributed by atoms with Crippen LogP contribution in [0.3, 0.4) is 0 Å². The number of para-hydroxylation sites is 2. The van der Waals surface area contributed by atoms with E-state index in [0.29, 0.717) is 6.42 Å². The number of rotatable bonds is 5. The molecule has 1 aromatic heterocycles. The van der Waals surface area contributed by atoms with Gasteiger partial charge in [-0.05, 0) is 30.7 Å². The summed E-state index contributed by atoms with van der Waals surface area (Å²) in [6, 6.07) is 10.2. The highest BCUT2D eigenvalue weighted by atomic mass is 32.1. The monoisotopic (exact) mass is 245 g/mol. The summed E-state index contributed by atoms with van der Waals surface area (Å²) in [6.45, 7) is 0.915. The predicted octanol–water partition coefficient (Wildman–Crippen LogP) is 2.81. The molecular formula is C13H15N3S. The van der Waals surface area contributed by atoms with Gasteiger partial charge in [0.25, 0.3) is 0 Å². The Hall–Kier alpha value is -1.47. The Morgan fingerprint density at radius 1 is 1.29 bits per heavy atom. The van der Waals surface area contributed by atoms with Crippen molar-refractivity contribution in [3.8, 4) is 6.07 Å². The normalized spacial score (nSPS) is 10.6. The lowest BCUT2D eigenvalue weighted by Crippen LogP contribution is -2.03. The van der Waals surface area contributed by atoms with Crippen LogP contribution in [0.4, 0.5) is 0 Å². The number of hydrogen-bond donors (Lipinski definition) is 1. The van der Waals surface area contributed by atoms with E-state index in [9.17, 15) is 0 Å². The van der Waals surface area contributed by atoms with Crippen LogP contribution < -0.4 is 0 Å². The fourth-order valence-corrected chi connectivity index (χ4v) is 2.19. The molecule has 0 amide bonds. The smallest absolute Gasteiger partial charge is 0.124 e. The average Bonchev–Trinajstić information content (AvgIpc) is 2.69. The number of benzene rings is 1. The molecule has 3 nitrogen and oxygen atoms in total. The van der Waals surface area contributed by atoms with Gasteiger partial charge in [0, 0.05) is 6.54 Å². The third-order valence-corrected chi connectivity index (χ3v) is 3.08. The van der Waals surface area contributed by atoms with Crippen LogP contribution in [0.15, 0.2) is 24.3 Å². The Morgan fingerprint density at radius 2 is 2.12 bits per heavy atom. The Bertz CT molecular complexity index is 539. The van der Waals surface area contributed by atoms with Crippen molar-refractivity contribution in [2.24, 2.45) is 0 Å². The number of aryl methyl sites for hydroxylation is 1. The van der Waals surface area contributed by atoms with E-state index >= 15 is 0 Å². The van der Waals surface area contributed by atoms with E-state index in [2.05, 4.69) is 34.3 Å². The van der Waals surface area contributed by atoms with Gasteiger partial charge in [-0.1, -0.05) is 12.1 Å². The maximum Gasteiger partial charge on any atom is 0.124 e. The minimum atomic E-state index is 0.371. The van der Waals surface area contributed by atoms with Crippen LogP contribution in [0.25, 0.3) is 11.0 Å². The first-order chi connectivity index (χ1) is 8.36. The Labute approximate surface area is 106 Å². The Kier molecular flexibility index (Phi) is 4.05. The van der Waals surface area contributed by atoms with Gasteiger partial charge in [0.05, 0.1) is 23.5 Å². The molecular weight excluding hydrogens is 230 g/mol. The number of aromatic nitrogens is 2. The molecule has 1 heterocycles. The lowest BCUT2D eigenvalue weighted by atomic mass is 10.3. The van der Waals surface area contributed by atoms with Gasteiger partial charge in [-0.3, -0.25) is 0 Å². The third-order valence-electron chi connectivity index (χ3n) is 2.76. The lowest BCUT2D eigenvalue weighted by molar-refractivity contribution is 0.628. The SMILES string of the molecule is N#CCc1nc2ccccc2n1CCCCS. The van der Waals surface area contributed by atoms with Gasteiger partial charge in [0.15, 0.2) is 0 Å². The third kappa shape index (κ3) is 2.62. The summed E-state index contributed by atoms with van der Waals surface area (Å²) in [7, 11) is 0. The van der Waals surface area contributed by atoms with Crippen molar-refractivity contribution in [1.29, 1.82) is 5.26 Å². The molecule has 0 N–H and O–H groups in total. The Balaban J connectivity index is 2.34. The zero-order chi connectivity index (χ0) is 12.1. The van der Waals surface area contributed by atoms with E-state index in [1.54, 1.807) is 0 Å². The average molecular weight is 245 g/mol. The number of unbranched alkanes of at least 4 members (excludes halogenated alkanes) is 1. The summed E-state index contributed by atoms with van der Waals surface area (Å²) in [4.78, 5) is 4.50. The molecule has 0 saturated heterocycles. The molecule has 0 aliphatic rings. The van der Waals surface area contributed by atoms with Crippen molar-refractivity contribution in [2.45, 2.75) is 25.8 Å². The van der Waals surface area contributed by atoms with Crippen molar-refractivity contribution in [1.82, 2.24) is 9.55 Å². The highest BCUT2D eigenvalue weighted by molar-refractivity contribution is 7.80. The molecule has 0 saturated carbocycles. The number of nitrogens with zero attached hydrogens (tertiary/aromatic N) is 3. The first kappa shape index (κ1) is 12.0. The molecule has 88 valence electrons. The molecule has 0 spiro atoms. The predicted molar refractivity (Wildman–Crippen MR) is 72.1 cm³/mol.